The van der Waals surface area contributed by atoms with Gasteiger partial charge in [-0.15, -0.1) is 0 Å². The topological polar surface area (TPSA) is 138 Å². The third kappa shape index (κ3) is 3.46. The van der Waals surface area contributed by atoms with E-state index < -0.39 is 40.2 Å². The first-order chi connectivity index (χ1) is 16.7. The van der Waals surface area contributed by atoms with E-state index in [1.165, 1.54) is 0 Å². The van der Waals surface area contributed by atoms with Crippen molar-refractivity contribution >= 4 is 28.2 Å². The molecule has 6 rings (SSSR count). The van der Waals surface area contributed by atoms with Crippen LogP contribution in [0.2, 0.25) is 0 Å². The number of aliphatic carboxylic acids is 1. The maximum absolute atomic E-state index is 13.9. The second-order valence-corrected chi connectivity index (χ2v) is 14.1. The highest BCUT2D eigenvalue weighted by Crippen LogP contribution is 2.76. The number of likely N-dealkylation sites (tertiary alicyclic amines) is 1. The lowest BCUT2D eigenvalue weighted by Crippen LogP contribution is -2.67. The Labute approximate surface area is 213 Å². The van der Waals surface area contributed by atoms with Crippen LogP contribution in [0.25, 0.3) is 0 Å². The van der Waals surface area contributed by atoms with E-state index in [1.807, 2.05) is 6.92 Å². The van der Waals surface area contributed by atoms with Crippen molar-refractivity contribution in [2.75, 3.05) is 13.2 Å². The molecule has 10 heteroatoms. The van der Waals surface area contributed by atoms with Crippen molar-refractivity contribution in [1.29, 1.82) is 0 Å². The summed E-state index contributed by atoms with van der Waals surface area (Å²) in [6.07, 6.45) is 5.65. The lowest BCUT2D eigenvalue weighted by atomic mass is 9.32. The first-order valence-electron chi connectivity index (χ1n) is 13.4. The Morgan fingerprint density at radius 1 is 1.14 bits per heavy atom. The summed E-state index contributed by atoms with van der Waals surface area (Å²) in [6, 6.07) is 0. The molecule has 5 aliphatic carbocycles. The molecule has 36 heavy (non-hydrogen) atoms. The zero-order valence-corrected chi connectivity index (χ0v) is 22.4. The molecule has 9 unspecified atom stereocenters. The molecule has 6 fully saturated rings. The van der Waals surface area contributed by atoms with Crippen LogP contribution in [0.5, 0.6) is 0 Å². The SMILES string of the molecule is CC(C)C1CC23CCC4C(C)(C(=O)O)CCCC4(C)C2CC1C1C(=O)N(CCOS(=O)(=O)O)C(=O)C13. The number of fused-ring (bicyclic) bond motifs is 2. The molecule has 202 valence electrons. The summed E-state index contributed by atoms with van der Waals surface area (Å²) in [5.41, 5.74) is -1.35. The van der Waals surface area contributed by atoms with Gasteiger partial charge in [-0.1, -0.05) is 27.2 Å². The zero-order chi connectivity index (χ0) is 26.4. The predicted octanol–water partition coefficient (Wildman–Crippen LogP) is 3.40. The lowest BCUT2D eigenvalue weighted by Gasteiger charge is -2.71. The Hall–Kier alpha value is -1.52. The van der Waals surface area contributed by atoms with E-state index >= 15 is 0 Å². The zero-order valence-electron chi connectivity index (χ0n) is 21.6. The van der Waals surface area contributed by atoms with Gasteiger partial charge < -0.3 is 5.11 Å². The van der Waals surface area contributed by atoms with Gasteiger partial charge in [0.1, 0.15) is 0 Å². The Bertz CT molecular complexity index is 1090. The Morgan fingerprint density at radius 2 is 1.83 bits per heavy atom. The number of imide groups is 1. The fraction of sp³-hybridized carbons (Fsp3) is 0.885. The highest BCUT2D eigenvalue weighted by atomic mass is 32.3. The number of carboxylic acids is 1. The third-order valence-electron chi connectivity index (χ3n) is 11.5. The summed E-state index contributed by atoms with van der Waals surface area (Å²) in [5.74, 6) is -1.19. The number of carboxylic acid groups (broad SMARTS) is 1. The molecule has 5 saturated carbocycles. The van der Waals surface area contributed by atoms with Gasteiger partial charge in [-0.05, 0) is 85.9 Å². The molecular weight excluding hydrogens is 486 g/mol. The average Bonchev–Trinajstić information content (AvgIpc) is 3.04. The summed E-state index contributed by atoms with van der Waals surface area (Å²) in [7, 11) is -4.66. The van der Waals surface area contributed by atoms with Gasteiger partial charge in [0.15, 0.2) is 0 Å². The normalized spacial score (nSPS) is 46.0. The minimum absolute atomic E-state index is 0.0358. The molecular formula is C26H39NO8S. The average molecular weight is 526 g/mol. The van der Waals surface area contributed by atoms with Gasteiger partial charge in [0.05, 0.1) is 30.4 Å². The third-order valence-corrected chi connectivity index (χ3v) is 11.9. The van der Waals surface area contributed by atoms with Gasteiger partial charge >= 0.3 is 16.4 Å². The Morgan fingerprint density at radius 3 is 2.44 bits per heavy atom. The molecule has 6 aliphatic rings. The van der Waals surface area contributed by atoms with Crippen LogP contribution in [0.3, 0.4) is 0 Å². The summed E-state index contributed by atoms with van der Waals surface area (Å²) in [6.45, 7) is 7.84. The summed E-state index contributed by atoms with van der Waals surface area (Å²) in [5, 5.41) is 10.2. The van der Waals surface area contributed by atoms with Gasteiger partial charge in [-0.3, -0.25) is 23.8 Å². The van der Waals surface area contributed by atoms with E-state index in [1.54, 1.807) is 0 Å². The molecule has 1 saturated heterocycles. The van der Waals surface area contributed by atoms with E-state index in [9.17, 15) is 27.9 Å². The molecule has 2 amide bonds. The standard InChI is InChI=1S/C26H39NO8S/c1-14(2)16-13-26-9-6-17-24(3,7-5-8-25(17,4)23(30)31)18(26)12-15(16)19-20(26)22(29)27(21(19)28)10-11-35-36(32,33)34/h14-20H,5-13H2,1-4H3,(H,30,31)(H,32,33,34). The number of carbonyl (C=O) groups is 3. The summed E-state index contributed by atoms with van der Waals surface area (Å²) >= 11 is 0. The molecule has 1 heterocycles. The Balaban J connectivity index is 1.54. The molecule has 9 atom stereocenters. The molecule has 9 nitrogen and oxygen atoms in total. The minimum Gasteiger partial charge on any atom is -0.481 e. The molecule has 0 aromatic rings. The smallest absolute Gasteiger partial charge is 0.397 e. The summed E-state index contributed by atoms with van der Waals surface area (Å²) < 4.78 is 35.4. The van der Waals surface area contributed by atoms with E-state index in [0.29, 0.717) is 18.3 Å². The second-order valence-electron chi connectivity index (χ2n) is 13.1. The van der Waals surface area contributed by atoms with Gasteiger partial charge in [0, 0.05) is 0 Å². The van der Waals surface area contributed by atoms with Crippen LogP contribution in [0.15, 0.2) is 0 Å². The van der Waals surface area contributed by atoms with Crippen molar-refractivity contribution in [2.24, 2.45) is 57.7 Å². The number of carbonyl (C=O) groups excluding carboxylic acids is 2. The quantitative estimate of drug-likeness (QED) is 0.397. The first-order valence-corrected chi connectivity index (χ1v) is 14.7. The minimum atomic E-state index is -4.66. The Kier molecular flexibility index (Phi) is 5.97. The predicted molar refractivity (Wildman–Crippen MR) is 129 cm³/mol. The molecule has 1 spiro atoms. The summed E-state index contributed by atoms with van der Waals surface area (Å²) in [4.78, 5) is 41.1. The number of amides is 2. The van der Waals surface area contributed by atoms with Crippen LogP contribution in [-0.2, 0) is 29.0 Å². The van der Waals surface area contributed by atoms with Crippen LogP contribution in [0, 0.1) is 57.7 Å². The molecule has 0 aromatic carbocycles. The molecule has 2 N–H and O–H groups in total. The van der Waals surface area contributed by atoms with Crippen LogP contribution >= 0.6 is 0 Å². The largest absolute Gasteiger partial charge is 0.481 e. The number of rotatable bonds is 6. The van der Waals surface area contributed by atoms with Crippen molar-refractivity contribution in [1.82, 2.24) is 4.90 Å². The van der Waals surface area contributed by atoms with Crippen molar-refractivity contribution < 1.29 is 36.6 Å². The monoisotopic (exact) mass is 525 g/mol. The highest BCUT2D eigenvalue weighted by Gasteiger charge is 2.74. The van der Waals surface area contributed by atoms with Crippen molar-refractivity contribution in [3.63, 3.8) is 0 Å². The number of hydrogen-bond donors (Lipinski definition) is 2. The molecule has 2 bridgehead atoms. The number of nitrogens with zero attached hydrogens (tertiary/aromatic N) is 1. The van der Waals surface area contributed by atoms with E-state index in [-0.39, 0.29) is 46.9 Å². The van der Waals surface area contributed by atoms with Crippen LogP contribution in [-0.4, -0.2) is 53.9 Å². The van der Waals surface area contributed by atoms with Gasteiger partial charge in [0.2, 0.25) is 11.8 Å². The maximum Gasteiger partial charge on any atom is 0.397 e. The van der Waals surface area contributed by atoms with Crippen LogP contribution < -0.4 is 0 Å². The molecule has 1 aliphatic heterocycles. The fourth-order valence-electron chi connectivity index (χ4n) is 10.1. The van der Waals surface area contributed by atoms with E-state index in [2.05, 4.69) is 25.0 Å². The lowest BCUT2D eigenvalue weighted by molar-refractivity contribution is -0.234. The van der Waals surface area contributed by atoms with Gasteiger partial charge in [-0.25, -0.2) is 4.18 Å². The maximum atomic E-state index is 13.9. The van der Waals surface area contributed by atoms with Crippen molar-refractivity contribution in [2.45, 2.75) is 72.6 Å². The van der Waals surface area contributed by atoms with E-state index in [0.717, 1.165) is 43.4 Å². The van der Waals surface area contributed by atoms with Crippen LogP contribution in [0.4, 0.5) is 0 Å². The van der Waals surface area contributed by atoms with Gasteiger partial charge in [-0.2, -0.15) is 8.42 Å². The molecule has 0 radical (unpaired) electrons. The van der Waals surface area contributed by atoms with Crippen molar-refractivity contribution in [3.8, 4) is 0 Å². The van der Waals surface area contributed by atoms with Crippen LogP contribution in [0.1, 0.15) is 72.6 Å². The fourth-order valence-corrected chi connectivity index (χ4v) is 10.4. The van der Waals surface area contributed by atoms with E-state index in [4.69, 9.17) is 4.55 Å². The second kappa shape index (κ2) is 8.24. The first kappa shape index (κ1) is 26.1. The van der Waals surface area contributed by atoms with Gasteiger partial charge in [0.25, 0.3) is 0 Å². The highest BCUT2D eigenvalue weighted by molar-refractivity contribution is 7.80. The molecule has 0 aromatic heterocycles. The number of hydrogen-bond acceptors (Lipinski definition) is 6. The van der Waals surface area contributed by atoms with Crippen molar-refractivity contribution in [3.05, 3.63) is 0 Å².